The van der Waals surface area contributed by atoms with E-state index in [4.69, 9.17) is 10.5 Å². The molecule has 1 heterocycles. The molecule has 1 aromatic rings. The van der Waals surface area contributed by atoms with Crippen molar-refractivity contribution in [3.8, 4) is 0 Å². The predicted molar refractivity (Wildman–Crippen MR) is 91.8 cm³/mol. The van der Waals surface area contributed by atoms with Crippen LogP contribution in [0.2, 0.25) is 0 Å². The lowest BCUT2D eigenvalue weighted by atomic mass is 9.88. The molecule has 0 aliphatic rings. The molecule has 1 amide bonds. The Hall–Kier alpha value is -1.34. The first-order valence-corrected chi connectivity index (χ1v) is 8.12. The SMILES string of the molecule is Cc1nc(N(C)C)sc1C(C)(CN)CNC(=O)OC(C)(C)C. The molecule has 0 bridgehead atoms. The second kappa shape index (κ2) is 6.83. The van der Waals surface area contributed by atoms with Gasteiger partial charge in [0.25, 0.3) is 0 Å². The fourth-order valence-corrected chi connectivity index (χ4v) is 3.10. The molecule has 6 nitrogen and oxygen atoms in total. The van der Waals surface area contributed by atoms with E-state index in [-0.39, 0.29) is 5.41 Å². The number of ether oxygens (including phenoxy) is 1. The van der Waals surface area contributed by atoms with Crippen molar-refractivity contribution in [1.82, 2.24) is 10.3 Å². The number of hydrogen-bond acceptors (Lipinski definition) is 6. The number of aryl methyl sites for hydroxylation is 1. The molecule has 0 aromatic carbocycles. The lowest BCUT2D eigenvalue weighted by Gasteiger charge is -2.28. The van der Waals surface area contributed by atoms with Crippen LogP contribution in [-0.4, -0.2) is 43.9 Å². The van der Waals surface area contributed by atoms with E-state index in [9.17, 15) is 4.79 Å². The van der Waals surface area contributed by atoms with E-state index in [0.29, 0.717) is 13.1 Å². The monoisotopic (exact) mass is 328 g/mol. The molecule has 0 fully saturated rings. The minimum Gasteiger partial charge on any atom is -0.444 e. The quantitative estimate of drug-likeness (QED) is 0.866. The molecule has 126 valence electrons. The van der Waals surface area contributed by atoms with Crippen LogP contribution >= 0.6 is 11.3 Å². The Balaban J connectivity index is 2.86. The van der Waals surface area contributed by atoms with Gasteiger partial charge in [-0.3, -0.25) is 0 Å². The molecule has 1 unspecified atom stereocenters. The summed E-state index contributed by atoms with van der Waals surface area (Å²) in [6.07, 6.45) is -0.429. The van der Waals surface area contributed by atoms with Crippen LogP contribution in [0.25, 0.3) is 0 Å². The third-order valence-electron chi connectivity index (χ3n) is 3.19. The van der Waals surface area contributed by atoms with Crippen molar-refractivity contribution in [2.75, 3.05) is 32.1 Å². The molecule has 0 aliphatic carbocycles. The lowest BCUT2D eigenvalue weighted by Crippen LogP contribution is -2.45. The zero-order valence-corrected chi connectivity index (χ0v) is 15.4. The highest BCUT2D eigenvalue weighted by Gasteiger charge is 2.31. The number of nitrogens with two attached hydrogens (primary N) is 1. The largest absolute Gasteiger partial charge is 0.444 e. The molecular weight excluding hydrogens is 300 g/mol. The summed E-state index contributed by atoms with van der Waals surface area (Å²) in [5, 5.41) is 3.75. The van der Waals surface area contributed by atoms with Crippen LogP contribution in [0.15, 0.2) is 0 Å². The van der Waals surface area contributed by atoms with Crippen molar-refractivity contribution in [3.05, 3.63) is 10.6 Å². The summed E-state index contributed by atoms with van der Waals surface area (Å²) < 4.78 is 5.28. The summed E-state index contributed by atoms with van der Waals surface area (Å²) in [6.45, 7) is 10.3. The first-order valence-electron chi connectivity index (χ1n) is 7.30. The normalized spacial score (nSPS) is 14.4. The van der Waals surface area contributed by atoms with Crippen molar-refractivity contribution in [2.24, 2.45) is 5.73 Å². The van der Waals surface area contributed by atoms with Crippen LogP contribution in [0.4, 0.5) is 9.93 Å². The van der Waals surface area contributed by atoms with E-state index in [1.54, 1.807) is 11.3 Å². The highest BCUT2D eigenvalue weighted by atomic mass is 32.1. The third-order valence-corrected chi connectivity index (χ3v) is 4.82. The van der Waals surface area contributed by atoms with Crippen LogP contribution in [0.1, 0.15) is 38.3 Å². The summed E-state index contributed by atoms with van der Waals surface area (Å²) in [6, 6.07) is 0. The number of nitrogens with one attached hydrogen (secondary N) is 1. The Bertz CT molecular complexity index is 522. The molecule has 0 saturated carbocycles. The zero-order chi connectivity index (χ0) is 17.1. The van der Waals surface area contributed by atoms with Crippen LogP contribution in [0, 0.1) is 6.92 Å². The van der Waals surface area contributed by atoms with Crippen molar-refractivity contribution >= 4 is 22.6 Å². The Labute approximate surface area is 137 Å². The van der Waals surface area contributed by atoms with E-state index < -0.39 is 11.7 Å². The maximum absolute atomic E-state index is 11.9. The standard InChI is InChI=1S/C15H28N4O2S/c1-10-11(22-12(18-10)19(6)7)15(5,8-16)9-17-13(20)21-14(2,3)4/h8-9,16H2,1-7H3,(H,17,20). The van der Waals surface area contributed by atoms with Gasteiger partial charge in [0.2, 0.25) is 0 Å². The smallest absolute Gasteiger partial charge is 0.407 e. The first kappa shape index (κ1) is 18.7. The van der Waals surface area contributed by atoms with Gasteiger partial charge >= 0.3 is 6.09 Å². The maximum Gasteiger partial charge on any atom is 0.407 e. The number of carbonyl (C=O) groups excluding carboxylic acids is 1. The Morgan fingerprint density at radius 1 is 1.36 bits per heavy atom. The number of aromatic nitrogens is 1. The number of rotatable bonds is 5. The minimum atomic E-state index is -0.512. The van der Waals surface area contributed by atoms with Crippen molar-refractivity contribution in [3.63, 3.8) is 0 Å². The molecule has 0 saturated heterocycles. The minimum absolute atomic E-state index is 0.368. The van der Waals surface area contributed by atoms with E-state index in [0.717, 1.165) is 15.7 Å². The fraction of sp³-hybridized carbons (Fsp3) is 0.733. The zero-order valence-electron chi connectivity index (χ0n) is 14.6. The summed E-state index contributed by atoms with van der Waals surface area (Å²) in [5.41, 5.74) is 6.05. The van der Waals surface area contributed by atoms with Crippen molar-refractivity contribution < 1.29 is 9.53 Å². The Morgan fingerprint density at radius 3 is 2.36 bits per heavy atom. The fourth-order valence-electron chi connectivity index (χ4n) is 1.96. The van der Waals surface area contributed by atoms with Gasteiger partial charge in [-0.1, -0.05) is 6.92 Å². The average molecular weight is 328 g/mol. The van der Waals surface area contributed by atoms with Crippen LogP contribution in [0.5, 0.6) is 0 Å². The topological polar surface area (TPSA) is 80.5 Å². The summed E-state index contributed by atoms with van der Waals surface area (Å²) in [5.74, 6) is 0. The van der Waals surface area contributed by atoms with E-state index in [1.807, 2.05) is 53.6 Å². The molecule has 0 spiro atoms. The first-order chi connectivity index (χ1) is 9.98. The number of alkyl carbamates (subject to hydrolysis) is 1. The summed E-state index contributed by atoms with van der Waals surface area (Å²) >= 11 is 1.61. The van der Waals surface area contributed by atoms with Crippen molar-refractivity contribution in [2.45, 2.75) is 45.6 Å². The van der Waals surface area contributed by atoms with E-state index in [2.05, 4.69) is 10.3 Å². The Morgan fingerprint density at radius 2 is 1.95 bits per heavy atom. The molecule has 0 radical (unpaired) electrons. The number of amides is 1. The van der Waals surface area contributed by atoms with Gasteiger partial charge in [0, 0.05) is 37.5 Å². The number of nitrogens with zero attached hydrogens (tertiary/aromatic N) is 2. The summed E-state index contributed by atoms with van der Waals surface area (Å²) in [7, 11) is 3.92. The van der Waals surface area contributed by atoms with Gasteiger partial charge in [-0.2, -0.15) is 0 Å². The molecule has 7 heteroatoms. The van der Waals surface area contributed by atoms with Gasteiger partial charge < -0.3 is 20.7 Å². The molecule has 1 atom stereocenters. The number of anilines is 1. The summed E-state index contributed by atoms with van der Waals surface area (Å²) in [4.78, 5) is 19.5. The lowest BCUT2D eigenvalue weighted by molar-refractivity contribution is 0.0517. The second-order valence-corrected chi connectivity index (χ2v) is 7.90. The van der Waals surface area contributed by atoms with Crippen LogP contribution in [0.3, 0.4) is 0 Å². The van der Waals surface area contributed by atoms with E-state index in [1.165, 1.54) is 0 Å². The van der Waals surface area contributed by atoms with Gasteiger partial charge in [0.1, 0.15) is 5.60 Å². The third kappa shape index (κ3) is 4.84. The second-order valence-electron chi connectivity index (χ2n) is 6.93. The van der Waals surface area contributed by atoms with Gasteiger partial charge in [-0.15, -0.1) is 11.3 Å². The Kier molecular flexibility index (Phi) is 5.81. The maximum atomic E-state index is 11.9. The van der Waals surface area contributed by atoms with Crippen molar-refractivity contribution in [1.29, 1.82) is 0 Å². The van der Waals surface area contributed by atoms with E-state index >= 15 is 0 Å². The number of hydrogen-bond donors (Lipinski definition) is 2. The van der Waals surface area contributed by atoms with Crippen LogP contribution < -0.4 is 16.0 Å². The number of thiazole rings is 1. The average Bonchev–Trinajstić information content (AvgIpc) is 2.77. The van der Waals surface area contributed by atoms with Gasteiger partial charge in [0.05, 0.1) is 5.69 Å². The highest BCUT2D eigenvalue weighted by Crippen LogP contribution is 2.34. The number of carbonyl (C=O) groups is 1. The van der Waals surface area contributed by atoms with Gasteiger partial charge in [-0.25, -0.2) is 9.78 Å². The molecular formula is C15H28N4O2S. The molecule has 22 heavy (non-hydrogen) atoms. The van der Waals surface area contributed by atoms with Gasteiger partial charge in [0.15, 0.2) is 5.13 Å². The molecule has 0 aliphatic heterocycles. The molecule has 3 N–H and O–H groups in total. The van der Waals surface area contributed by atoms with Crippen LogP contribution in [-0.2, 0) is 10.2 Å². The molecule has 1 rings (SSSR count). The molecule has 1 aromatic heterocycles. The highest BCUT2D eigenvalue weighted by molar-refractivity contribution is 7.15. The van der Waals surface area contributed by atoms with Gasteiger partial charge in [-0.05, 0) is 27.7 Å². The predicted octanol–water partition coefficient (Wildman–Crippen LogP) is 2.26.